The fraction of sp³-hybridized carbons (Fsp3) is 0.385. The Kier molecular flexibility index (Phi) is 3.62. The zero-order chi connectivity index (χ0) is 13.1. The van der Waals surface area contributed by atoms with E-state index in [1.807, 2.05) is 24.3 Å². The molecular weight excluding hydrogens is 230 g/mol. The predicted octanol–water partition coefficient (Wildman–Crippen LogP) is 0.403. The van der Waals surface area contributed by atoms with E-state index in [0.29, 0.717) is 6.42 Å². The second-order valence-electron chi connectivity index (χ2n) is 4.53. The number of rotatable bonds is 2. The number of nitrogens with two attached hydrogens (primary N) is 1. The van der Waals surface area contributed by atoms with Gasteiger partial charge in [-0.15, -0.1) is 0 Å². The molecule has 2 rings (SSSR count). The Bertz CT molecular complexity index is 471. The van der Waals surface area contributed by atoms with Gasteiger partial charge in [0, 0.05) is 5.69 Å². The molecule has 18 heavy (non-hydrogen) atoms. The zero-order valence-corrected chi connectivity index (χ0v) is 10.3. The van der Waals surface area contributed by atoms with Crippen LogP contribution in [0.3, 0.4) is 0 Å². The Balaban J connectivity index is 2.10. The number of anilines is 1. The molecule has 0 bridgehead atoms. The van der Waals surface area contributed by atoms with Crippen LogP contribution < -0.4 is 16.4 Å². The lowest BCUT2D eigenvalue weighted by Gasteiger charge is -2.16. The van der Waals surface area contributed by atoms with Crippen molar-refractivity contribution in [3.8, 4) is 0 Å². The SMILES string of the molecule is C[C@H](N)C(=O)NC1CCc2ccccc2NC1=O. The quantitative estimate of drug-likeness (QED) is 0.707. The lowest BCUT2D eigenvalue weighted by Crippen LogP contribution is -2.48. The molecule has 1 aliphatic heterocycles. The van der Waals surface area contributed by atoms with Gasteiger partial charge in [0.1, 0.15) is 6.04 Å². The number of carbonyl (C=O) groups excluding carboxylic acids is 2. The van der Waals surface area contributed by atoms with E-state index < -0.39 is 12.1 Å². The van der Waals surface area contributed by atoms with Crippen LogP contribution in [0.2, 0.25) is 0 Å². The van der Waals surface area contributed by atoms with E-state index in [9.17, 15) is 9.59 Å². The molecule has 2 atom stereocenters. The highest BCUT2D eigenvalue weighted by molar-refractivity contribution is 5.98. The largest absolute Gasteiger partial charge is 0.343 e. The number of fused-ring (bicyclic) bond motifs is 1. The lowest BCUT2D eigenvalue weighted by molar-refractivity contribution is -0.127. The van der Waals surface area contributed by atoms with Crippen molar-refractivity contribution in [1.82, 2.24) is 5.32 Å². The van der Waals surface area contributed by atoms with E-state index in [2.05, 4.69) is 10.6 Å². The van der Waals surface area contributed by atoms with Gasteiger partial charge in [0.25, 0.3) is 0 Å². The minimum atomic E-state index is -0.608. The Hall–Kier alpha value is -1.88. The fourth-order valence-electron chi connectivity index (χ4n) is 1.95. The summed E-state index contributed by atoms with van der Waals surface area (Å²) in [5, 5.41) is 5.49. The van der Waals surface area contributed by atoms with Crippen molar-refractivity contribution < 1.29 is 9.59 Å². The Morgan fingerprint density at radius 1 is 1.50 bits per heavy atom. The zero-order valence-electron chi connectivity index (χ0n) is 10.3. The topological polar surface area (TPSA) is 84.2 Å². The molecule has 0 aliphatic carbocycles. The van der Waals surface area contributed by atoms with Crippen LogP contribution in [-0.2, 0) is 16.0 Å². The van der Waals surface area contributed by atoms with Gasteiger partial charge in [-0.25, -0.2) is 0 Å². The highest BCUT2D eigenvalue weighted by atomic mass is 16.2. The summed E-state index contributed by atoms with van der Waals surface area (Å²) in [6.45, 7) is 1.60. The normalized spacial score (nSPS) is 20.3. The van der Waals surface area contributed by atoms with E-state index in [0.717, 1.165) is 17.7 Å². The van der Waals surface area contributed by atoms with Crippen molar-refractivity contribution in [3.05, 3.63) is 29.8 Å². The van der Waals surface area contributed by atoms with Gasteiger partial charge in [0.05, 0.1) is 6.04 Å². The average molecular weight is 247 g/mol. The third-order valence-corrected chi connectivity index (χ3v) is 3.02. The summed E-state index contributed by atoms with van der Waals surface area (Å²) < 4.78 is 0. The van der Waals surface area contributed by atoms with Crippen molar-refractivity contribution in [2.45, 2.75) is 31.8 Å². The maximum absolute atomic E-state index is 12.0. The van der Waals surface area contributed by atoms with Crippen LogP contribution in [0.5, 0.6) is 0 Å². The molecule has 1 unspecified atom stereocenters. The highest BCUT2D eigenvalue weighted by Crippen LogP contribution is 2.21. The summed E-state index contributed by atoms with van der Waals surface area (Å²) in [6, 6.07) is 6.53. The number of amides is 2. The first kappa shape index (κ1) is 12.6. The molecule has 0 saturated carbocycles. The molecule has 0 radical (unpaired) electrons. The third-order valence-electron chi connectivity index (χ3n) is 3.02. The van der Waals surface area contributed by atoms with Crippen LogP contribution >= 0.6 is 0 Å². The summed E-state index contributed by atoms with van der Waals surface area (Å²) in [7, 11) is 0. The summed E-state index contributed by atoms with van der Waals surface area (Å²) in [5.74, 6) is -0.491. The molecule has 96 valence electrons. The number of para-hydroxylation sites is 1. The molecule has 5 heteroatoms. The first-order chi connectivity index (χ1) is 8.58. The van der Waals surface area contributed by atoms with E-state index in [1.54, 1.807) is 6.92 Å². The molecule has 0 spiro atoms. The van der Waals surface area contributed by atoms with E-state index in [1.165, 1.54) is 0 Å². The van der Waals surface area contributed by atoms with Gasteiger partial charge < -0.3 is 16.4 Å². The molecule has 4 N–H and O–H groups in total. The van der Waals surface area contributed by atoms with Crippen molar-refractivity contribution in [1.29, 1.82) is 0 Å². The fourth-order valence-corrected chi connectivity index (χ4v) is 1.95. The molecule has 1 aliphatic rings. The first-order valence-corrected chi connectivity index (χ1v) is 6.02. The van der Waals surface area contributed by atoms with Gasteiger partial charge in [-0.2, -0.15) is 0 Å². The maximum atomic E-state index is 12.0. The Labute approximate surface area is 106 Å². The summed E-state index contributed by atoms with van der Waals surface area (Å²) in [5.41, 5.74) is 7.38. The number of benzene rings is 1. The summed E-state index contributed by atoms with van der Waals surface area (Å²) >= 11 is 0. The summed E-state index contributed by atoms with van der Waals surface area (Å²) in [4.78, 5) is 23.5. The van der Waals surface area contributed by atoms with E-state index in [-0.39, 0.29) is 11.8 Å². The van der Waals surface area contributed by atoms with Gasteiger partial charge in [-0.1, -0.05) is 18.2 Å². The molecule has 5 nitrogen and oxygen atoms in total. The molecular formula is C13H17N3O2. The van der Waals surface area contributed by atoms with Crippen LogP contribution in [0, 0.1) is 0 Å². The number of aryl methyl sites for hydroxylation is 1. The van der Waals surface area contributed by atoms with E-state index in [4.69, 9.17) is 5.73 Å². The van der Waals surface area contributed by atoms with Crippen molar-refractivity contribution >= 4 is 17.5 Å². The molecule has 1 aromatic rings. The van der Waals surface area contributed by atoms with Crippen LogP contribution in [0.25, 0.3) is 0 Å². The average Bonchev–Trinajstić information content (AvgIpc) is 2.49. The second-order valence-corrected chi connectivity index (χ2v) is 4.53. The van der Waals surface area contributed by atoms with Crippen LogP contribution in [0.15, 0.2) is 24.3 Å². The molecule has 2 amide bonds. The van der Waals surface area contributed by atoms with Crippen LogP contribution in [-0.4, -0.2) is 23.9 Å². The Morgan fingerprint density at radius 3 is 2.94 bits per heavy atom. The van der Waals surface area contributed by atoms with E-state index >= 15 is 0 Å². The Morgan fingerprint density at radius 2 is 2.22 bits per heavy atom. The van der Waals surface area contributed by atoms with Crippen molar-refractivity contribution in [2.75, 3.05) is 5.32 Å². The standard InChI is InChI=1S/C13H17N3O2/c1-8(14)12(17)16-11-7-6-9-4-2-3-5-10(9)15-13(11)18/h2-5,8,11H,6-7,14H2,1H3,(H,15,18)(H,16,17)/t8-,11?/m0/s1. The smallest absolute Gasteiger partial charge is 0.246 e. The molecule has 0 saturated heterocycles. The van der Waals surface area contributed by atoms with Gasteiger partial charge in [0.15, 0.2) is 0 Å². The van der Waals surface area contributed by atoms with Crippen molar-refractivity contribution in [3.63, 3.8) is 0 Å². The van der Waals surface area contributed by atoms with Gasteiger partial charge in [-0.05, 0) is 31.4 Å². The number of hydrogen-bond acceptors (Lipinski definition) is 3. The molecule has 0 fully saturated rings. The lowest BCUT2D eigenvalue weighted by atomic mass is 10.1. The molecule has 0 aromatic heterocycles. The number of hydrogen-bond donors (Lipinski definition) is 3. The van der Waals surface area contributed by atoms with Gasteiger partial charge in [0.2, 0.25) is 11.8 Å². The number of nitrogens with one attached hydrogen (secondary N) is 2. The number of carbonyl (C=O) groups is 2. The predicted molar refractivity (Wildman–Crippen MR) is 69.0 cm³/mol. The summed E-state index contributed by atoms with van der Waals surface area (Å²) in [6.07, 6.45) is 1.33. The van der Waals surface area contributed by atoms with Crippen molar-refractivity contribution in [2.24, 2.45) is 5.73 Å². The third kappa shape index (κ3) is 2.68. The van der Waals surface area contributed by atoms with Gasteiger partial charge in [-0.3, -0.25) is 9.59 Å². The molecule has 1 aromatic carbocycles. The van der Waals surface area contributed by atoms with Crippen LogP contribution in [0.4, 0.5) is 5.69 Å². The minimum Gasteiger partial charge on any atom is -0.343 e. The second kappa shape index (κ2) is 5.18. The molecule has 1 heterocycles. The van der Waals surface area contributed by atoms with Gasteiger partial charge >= 0.3 is 0 Å². The first-order valence-electron chi connectivity index (χ1n) is 6.02. The highest BCUT2D eigenvalue weighted by Gasteiger charge is 2.25. The maximum Gasteiger partial charge on any atom is 0.246 e. The van der Waals surface area contributed by atoms with Crippen LogP contribution in [0.1, 0.15) is 18.9 Å². The monoisotopic (exact) mass is 247 g/mol. The minimum absolute atomic E-state index is 0.186.